The van der Waals surface area contributed by atoms with E-state index >= 15 is 0 Å². The van der Waals surface area contributed by atoms with Gasteiger partial charge in [0.25, 0.3) is 0 Å². The van der Waals surface area contributed by atoms with Crippen molar-refractivity contribution in [3.05, 3.63) is 38.9 Å². The lowest BCUT2D eigenvalue weighted by Gasteiger charge is -2.33. The molecule has 3 rings (SSSR count). The van der Waals surface area contributed by atoms with Crippen molar-refractivity contribution in [2.75, 3.05) is 18.4 Å². The summed E-state index contributed by atoms with van der Waals surface area (Å²) in [7, 11) is 0. The lowest BCUT2D eigenvalue weighted by molar-refractivity contribution is 0.210. The number of nitrogens with one attached hydrogen (secondary N) is 1. The Bertz CT molecular complexity index is 601. The highest BCUT2D eigenvalue weighted by atomic mass is 79.9. The number of aromatic nitrogens is 2. The van der Waals surface area contributed by atoms with Crippen LogP contribution in [0.1, 0.15) is 23.4 Å². The number of rotatable bonds is 4. The van der Waals surface area contributed by atoms with Crippen molar-refractivity contribution in [2.24, 2.45) is 0 Å². The van der Waals surface area contributed by atoms with Gasteiger partial charge in [0.15, 0.2) is 0 Å². The second kappa shape index (κ2) is 6.85. The van der Waals surface area contributed by atoms with Crippen LogP contribution in [0.2, 0.25) is 0 Å². The lowest BCUT2D eigenvalue weighted by atomic mass is 10.1. The maximum Gasteiger partial charge on any atom is 0.129 e. The molecule has 0 saturated carbocycles. The van der Waals surface area contributed by atoms with Gasteiger partial charge in [-0.2, -0.15) is 0 Å². The first-order valence-corrected chi connectivity index (χ1v) is 8.87. The van der Waals surface area contributed by atoms with E-state index in [1.165, 1.54) is 28.7 Å². The molecular formula is C15H19BrN4S. The first-order chi connectivity index (χ1) is 10.2. The van der Waals surface area contributed by atoms with E-state index in [0.717, 1.165) is 24.6 Å². The zero-order valence-corrected chi connectivity index (χ0v) is 14.5. The van der Waals surface area contributed by atoms with Gasteiger partial charge in [-0.25, -0.2) is 9.97 Å². The highest BCUT2D eigenvalue weighted by Gasteiger charge is 2.20. The van der Waals surface area contributed by atoms with Crippen molar-refractivity contribution in [1.82, 2.24) is 14.9 Å². The Morgan fingerprint density at radius 1 is 1.43 bits per heavy atom. The van der Waals surface area contributed by atoms with E-state index in [1.807, 2.05) is 24.3 Å². The second-order valence-corrected chi connectivity index (χ2v) is 7.41. The number of halogens is 1. The lowest BCUT2D eigenvalue weighted by Crippen LogP contribution is -2.41. The van der Waals surface area contributed by atoms with Crippen LogP contribution in [0.25, 0.3) is 0 Å². The Morgan fingerprint density at radius 2 is 2.33 bits per heavy atom. The van der Waals surface area contributed by atoms with E-state index in [1.54, 1.807) is 6.33 Å². The second-order valence-electron chi connectivity index (χ2n) is 5.49. The minimum Gasteiger partial charge on any atom is -0.366 e. The Kier molecular flexibility index (Phi) is 4.87. The molecule has 4 nitrogen and oxygen atoms in total. The largest absolute Gasteiger partial charge is 0.366 e. The van der Waals surface area contributed by atoms with Gasteiger partial charge in [0.1, 0.15) is 12.1 Å². The molecule has 1 saturated heterocycles. The molecule has 1 fully saturated rings. The van der Waals surface area contributed by atoms with Crippen molar-refractivity contribution in [2.45, 2.75) is 32.4 Å². The summed E-state index contributed by atoms with van der Waals surface area (Å²) in [5.41, 5.74) is 1.00. The van der Waals surface area contributed by atoms with Crippen LogP contribution in [-0.4, -0.2) is 34.0 Å². The monoisotopic (exact) mass is 366 g/mol. The van der Waals surface area contributed by atoms with Crippen LogP contribution in [0, 0.1) is 6.92 Å². The fourth-order valence-electron chi connectivity index (χ4n) is 2.72. The Labute approximate surface area is 137 Å². The topological polar surface area (TPSA) is 41.0 Å². The molecule has 1 unspecified atom stereocenters. The summed E-state index contributed by atoms with van der Waals surface area (Å²) in [5, 5.41) is 5.70. The maximum absolute atomic E-state index is 4.30. The van der Waals surface area contributed by atoms with Crippen LogP contribution >= 0.6 is 27.3 Å². The van der Waals surface area contributed by atoms with Crippen LogP contribution in [-0.2, 0) is 6.54 Å². The fourth-order valence-corrected chi connectivity index (χ4v) is 4.21. The van der Waals surface area contributed by atoms with Crippen LogP contribution in [0.15, 0.2) is 28.3 Å². The van der Waals surface area contributed by atoms with Gasteiger partial charge < -0.3 is 5.32 Å². The summed E-state index contributed by atoms with van der Waals surface area (Å²) in [4.78, 5) is 12.4. The average molecular weight is 367 g/mol. The molecule has 1 aliphatic heterocycles. The summed E-state index contributed by atoms with van der Waals surface area (Å²) in [6, 6.07) is 4.70. The number of thiophene rings is 1. The number of anilines is 1. The summed E-state index contributed by atoms with van der Waals surface area (Å²) >= 11 is 5.35. The first kappa shape index (κ1) is 14.9. The number of likely N-dealkylation sites (tertiary alicyclic amines) is 1. The van der Waals surface area contributed by atoms with Crippen LogP contribution < -0.4 is 5.32 Å². The predicted molar refractivity (Wildman–Crippen MR) is 90.7 cm³/mol. The molecule has 112 valence electrons. The van der Waals surface area contributed by atoms with Crippen LogP contribution in [0.5, 0.6) is 0 Å². The molecule has 1 N–H and O–H groups in total. The first-order valence-electron chi connectivity index (χ1n) is 7.19. The predicted octanol–water partition coefficient (Wildman–Crippen LogP) is 3.69. The fraction of sp³-hybridized carbons (Fsp3) is 0.467. The van der Waals surface area contributed by atoms with E-state index in [9.17, 15) is 0 Å². The summed E-state index contributed by atoms with van der Waals surface area (Å²) in [6.07, 6.45) is 4.06. The van der Waals surface area contributed by atoms with E-state index in [2.05, 4.69) is 47.6 Å². The third-order valence-corrected chi connectivity index (χ3v) is 5.34. The van der Waals surface area contributed by atoms with E-state index in [-0.39, 0.29) is 0 Å². The van der Waals surface area contributed by atoms with Gasteiger partial charge in [-0.3, -0.25) is 4.90 Å². The third kappa shape index (κ3) is 4.25. The third-order valence-electron chi connectivity index (χ3n) is 3.66. The van der Waals surface area contributed by atoms with Gasteiger partial charge >= 0.3 is 0 Å². The molecule has 21 heavy (non-hydrogen) atoms. The Hall–Kier alpha value is -0.980. The van der Waals surface area contributed by atoms with Gasteiger partial charge in [0.2, 0.25) is 0 Å². The zero-order valence-electron chi connectivity index (χ0n) is 12.1. The Morgan fingerprint density at radius 3 is 3.10 bits per heavy atom. The van der Waals surface area contributed by atoms with Crippen LogP contribution in [0.4, 0.5) is 5.82 Å². The molecule has 1 aliphatic rings. The molecule has 6 heteroatoms. The maximum atomic E-state index is 4.30. The number of aryl methyl sites for hydroxylation is 1. The molecule has 0 radical (unpaired) electrons. The number of hydrogen-bond donors (Lipinski definition) is 1. The molecule has 2 aromatic rings. The van der Waals surface area contributed by atoms with Gasteiger partial charge in [-0.1, -0.05) is 0 Å². The SMILES string of the molecule is Cc1cc(NC2CCCN(Cc3cc(Br)cs3)C2)ncn1. The molecule has 0 bridgehead atoms. The molecule has 0 spiro atoms. The normalized spacial score (nSPS) is 19.6. The standard InChI is InChI=1S/C15H19BrN4S/c1-11-5-15(18-10-17-11)19-13-3-2-4-20(7-13)8-14-6-12(16)9-21-14/h5-6,9-10,13H,2-4,7-8H2,1H3,(H,17,18,19). The van der Waals surface area contributed by atoms with Crippen molar-refractivity contribution < 1.29 is 0 Å². The van der Waals surface area contributed by atoms with E-state index in [0.29, 0.717) is 6.04 Å². The smallest absolute Gasteiger partial charge is 0.129 e. The van der Waals surface area contributed by atoms with Gasteiger partial charge in [-0.05, 0) is 48.3 Å². The summed E-state index contributed by atoms with van der Waals surface area (Å²) in [5.74, 6) is 0.938. The molecular weight excluding hydrogens is 348 g/mol. The van der Waals surface area contributed by atoms with E-state index in [4.69, 9.17) is 0 Å². The number of nitrogens with zero attached hydrogens (tertiary/aromatic N) is 3. The quantitative estimate of drug-likeness (QED) is 0.895. The number of hydrogen-bond acceptors (Lipinski definition) is 5. The molecule has 3 heterocycles. The molecule has 1 atom stereocenters. The number of piperidine rings is 1. The zero-order chi connectivity index (χ0) is 14.7. The minimum absolute atomic E-state index is 0.469. The van der Waals surface area contributed by atoms with E-state index < -0.39 is 0 Å². The van der Waals surface area contributed by atoms with Gasteiger partial charge in [0, 0.05) is 45.6 Å². The summed E-state index contributed by atoms with van der Waals surface area (Å²) in [6.45, 7) is 5.28. The molecule has 2 aromatic heterocycles. The molecule has 0 amide bonds. The highest BCUT2D eigenvalue weighted by molar-refractivity contribution is 9.10. The van der Waals surface area contributed by atoms with Gasteiger partial charge in [-0.15, -0.1) is 11.3 Å². The molecule has 0 aromatic carbocycles. The van der Waals surface area contributed by atoms with Crippen molar-refractivity contribution in [3.8, 4) is 0 Å². The van der Waals surface area contributed by atoms with Crippen LogP contribution in [0.3, 0.4) is 0 Å². The van der Waals surface area contributed by atoms with Crippen molar-refractivity contribution in [3.63, 3.8) is 0 Å². The van der Waals surface area contributed by atoms with Crippen molar-refractivity contribution >= 4 is 33.1 Å². The van der Waals surface area contributed by atoms with Gasteiger partial charge in [0.05, 0.1) is 0 Å². The highest BCUT2D eigenvalue weighted by Crippen LogP contribution is 2.23. The Balaban J connectivity index is 1.58. The minimum atomic E-state index is 0.469. The summed E-state index contributed by atoms with van der Waals surface area (Å²) < 4.78 is 1.19. The molecule has 0 aliphatic carbocycles. The van der Waals surface area contributed by atoms with Crippen molar-refractivity contribution in [1.29, 1.82) is 0 Å². The average Bonchev–Trinajstić information content (AvgIpc) is 2.84.